The standard InChI is InChI=1S/C24H20BN2O4/c1-13-8-18(14(2)25-20-7-5-4-6-17(20)24(29)30)23-19(9-13)21(28)10-22(31-23)16-11-26-15(3)27-12-16/h4-12,14H,1-3H3,(H,29,30). The van der Waals surface area contributed by atoms with Crippen LogP contribution in [-0.2, 0) is 0 Å². The van der Waals surface area contributed by atoms with Gasteiger partial charge >= 0.3 is 5.97 Å². The SMILES string of the molecule is Cc1cc(C(C)[B]c2ccccc2C(=O)O)c2oc(-c3cnc(C)nc3)cc(=O)c2c1. The fourth-order valence-electron chi connectivity index (χ4n) is 3.63. The van der Waals surface area contributed by atoms with Gasteiger partial charge in [-0.3, -0.25) is 4.79 Å². The van der Waals surface area contributed by atoms with Crippen LogP contribution in [0.1, 0.15) is 40.1 Å². The van der Waals surface area contributed by atoms with E-state index in [4.69, 9.17) is 4.42 Å². The molecule has 6 nitrogen and oxygen atoms in total. The fraction of sp³-hybridized carbons (Fsp3) is 0.167. The summed E-state index contributed by atoms with van der Waals surface area (Å²) in [7, 11) is 1.87. The van der Waals surface area contributed by atoms with E-state index in [1.165, 1.54) is 6.07 Å². The molecule has 0 bridgehead atoms. The predicted octanol–water partition coefficient (Wildman–Crippen LogP) is 3.66. The van der Waals surface area contributed by atoms with Gasteiger partial charge in [0.15, 0.2) is 12.7 Å². The highest BCUT2D eigenvalue weighted by molar-refractivity contribution is 6.57. The molecular formula is C24H20BN2O4. The molecule has 0 spiro atoms. The van der Waals surface area contributed by atoms with Crippen molar-refractivity contribution in [2.24, 2.45) is 0 Å². The summed E-state index contributed by atoms with van der Waals surface area (Å²) in [4.78, 5) is 32.8. The first kappa shape index (κ1) is 20.5. The molecule has 4 aromatic rings. The summed E-state index contributed by atoms with van der Waals surface area (Å²) in [5, 5.41) is 9.98. The van der Waals surface area contributed by atoms with Crippen molar-refractivity contribution >= 4 is 29.7 Å². The molecule has 1 atom stereocenters. The van der Waals surface area contributed by atoms with Crippen LogP contribution in [-0.4, -0.2) is 28.3 Å². The number of fused-ring (bicyclic) bond motifs is 1. The first-order valence-electron chi connectivity index (χ1n) is 9.88. The number of hydrogen-bond donors (Lipinski definition) is 1. The summed E-state index contributed by atoms with van der Waals surface area (Å²) in [6.45, 7) is 5.66. The quantitative estimate of drug-likeness (QED) is 0.504. The monoisotopic (exact) mass is 411 g/mol. The molecule has 7 heteroatoms. The minimum atomic E-state index is -0.985. The van der Waals surface area contributed by atoms with Gasteiger partial charge < -0.3 is 9.52 Å². The molecule has 0 saturated heterocycles. The number of rotatable bonds is 5. The number of carboxylic acid groups (broad SMARTS) is 1. The Morgan fingerprint density at radius 1 is 1.10 bits per heavy atom. The Hall–Kier alpha value is -3.74. The van der Waals surface area contributed by atoms with Gasteiger partial charge in [0.25, 0.3) is 0 Å². The van der Waals surface area contributed by atoms with E-state index in [-0.39, 0.29) is 16.8 Å². The highest BCUT2D eigenvalue weighted by atomic mass is 16.4. The molecule has 0 aliphatic rings. The average molecular weight is 411 g/mol. The third kappa shape index (κ3) is 4.12. The summed E-state index contributed by atoms with van der Waals surface area (Å²) in [5.74, 6) is -0.166. The molecule has 1 N–H and O–H groups in total. The lowest BCUT2D eigenvalue weighted by Gasteiger charge is -2.16. The molecule has 0 aliphatic carbocycles. The number of aryl methyl sites for hydroxylation is 2. The van der Waals surface area contributed by atoms with Crippen molar-refractivity contribution in [2.75, 3.05) is 0 Å². The molecule has 0 saturated carbocycles. The van der Waals surface area contributed by atoms with Gasteiger partial charge in [-0.25, -0.2) is 14.8 Å². The lowest BCUT2D eigenvalue weighted by molar-refractivity contribution is 0.0698. The molecule has 1 unspecified atom stereocenters. The molecule has 4 rings (SSSR count). The normalized spacial score (nSPS) is 12.0. The van der Waals surface area contributed by atoms with Gasteiger partial charge in [-0.2, -0.15) is 0 Å². The largest absolute Gasteiger partial charge is 0.478 e. The van der Waals surface area contributed by atoms with Crippen LogP contribution in [0.5, 0.6) is 0 Å². The zero-order valence-electron chi connectivity index (χ0n) is 17.4. The summed E-state index contributed by atoms with van der Waals surface area (Å²) >= 11 is 0. The van der Waals surface area contributed by atoms with E-state index in [1.807, 2.05) is 27.2 Å². The Kier molecular flexibility index (Phi) is 5.42. The van der Waals surface area contributed by atoms with Crippen molar-refractivity contribution in [3.05, 3.63) is 87.6 Å². The number of carbonyl (C=O) groups is 1. The third-order valence-corrected chi connectivity index (χ3v) is 5.18. The Morgan fingerprint density at radius 3 is 2.52 bits per heavy atom. The maximum absolute atomic E-state index is 12.9. The van der Waals surface area contributed by atoms with Gasteiger partial charge in [0, 0.05) is 18.5 Å². The molecule has 2 aromatic carbocycles. The Labute approximate surface area is 179 Å². The van der Waals surface area contributed by atoms with E-state index < -0.39 is 5.97 Å². The second kappa shape index (κ2) is 8.18. The van der Waals surface area contributed by atoms with Crippen LogP contribution in [0.4, 0.5) is 0 Å². The van der Waals surface area contributed by atoms with Gasteiger partial charge in [0.05, 0.1) is 16.5 Å². The van der Waals surface area contributed by atoms with Crippen LogP contribution in [0.15, 0.2) is 64.1 Å². The first-order valence-corrected chi connectivity index (χ1v) is 9.88. The van der Waals surface area contributed by atoms with E-state index in [0.29, 0.717) is 33.6 Å². The lowest BCUT2D eigenvalue weighted by atomic mass is 9.56. The van der Waals surface area contributed by atoms with Gasteiger partial charge in [0.2, 0.25) is 0 Å². The zero-order valence-corrected chi connectivity index (χ0v) is 17.4. The van der Waals surface area contributed by atoms with Crippen LogP contribution < -0.4 is 10.9 Å². The Morgan fingerprint density at radius 2 is 1.81 bits per heavy atom. The summed E-state index contributed by atoms with van der Waals surface area (Å²) < 4.78 is 6.17. The first-order chi connectivity index (χ1) is 14.8. The maximum Gasteiger partial charge on any atom is 0.335 e. The summed E-state index contributed by atoms with van der Waals surface area (Å²) in [5.41, 5.74) is 3.51. The number of carboxylic acids is 1. The zero-order chi connectivity index (χ0) is 22.1. The lowest BCUT2D eigenvalue weighted by Crippen LogP contribution is -2.26. The van der Waals surface area contributed by atoms with Crippen LogP contribution in [0.2, 0.25) is 0 Å². The van der Waals surface area contributed by atoms with Crippen molar-refractivity contribution < 1.29 is 14.3 Å². The van der Waals surface area contributed by atoms with Crippen LogP contribution in [0.25, 0.3) is 22.3 Å². The summed E-state index contributed by atoms with van der Waals surface area (Å²) in [6, 6.07) is 12.1. The van der Waals surface area contributed by atoms with Crippen molar-refractivity contribution in [1.82, 2.24) is 9.97 Å². The highest BCUT2D eigenvalue weighted by Gasteiger charge is 2.20. The smallest absolute Gasteiger partial charge is 0.335 e. The predicted molar refractivity (Wildman–Crippen MR) is 120 cm³/mol. The maximum atomic E-state index is 12.9. The van der Waals surface area contributed by atoms with E-state index in [9.17, 15) is 14.7 Å². The molecule has 2 heterocycles. The van der Waals surface area contributed by atoms with Gasteiger partial charge in [-0.1, -0.05) is 36.7 Å². The summed E-state index contributed by atoms with van der Waals surface area (Å²) in [6.07, 6.45) is 3.25. The molecule has 1 radical (unpaired) electrons. The van der Waals surface area contributed by atoms with Gasteiger partial charge in [-0.05, 0) is 42.9 Å². The molecule has 0 aliphatic heterocycles. The Balaban J connectivity index is 1.84. The van der Waals surface area contributed by atoms with Crippen molar-refractivity contribution in [3.63, 3.8) is 0 Å². The minimum Gasteiger partial charge on any atom is -0.478 e. The molecule has 31 heavy (non-hydrogen) atoms. The third-order valence-electron chi connectivity index (χ3n) is 5.18. The van der Waals surface area contributed by atoms with Gasteiger partial charge in [0.1, 0.15) is 17.2 Å². The fourth-order valence-corrected chi connectivity index (χ4v) is 3.63. The number of nitrogens with zero attached hydrogens (tertiary/aromatic N) is 2. The van der Waals surface area contributed by atoms with Crippen LogP contribution in [0, 0.1) is 13.8 Å². The van der Waals surface area contributed by atoms with Crippen LogP contribution >= 0.6 is 0 Å². The minimum absolute atomic E-state index is 0.153. The van der Waals surface area contributed by atoms with E-state index in [1.54, 1.807) is 49.6 Å². The second-order valence-electron chi connectivity index (χ2n) is 7.57. The van der Waals surface area contributed by atoms with E-state index in [2.05, 4.69) is 9.97 Å². The molecule has 2 aromatic heterocycles. The van der Waals surface area contributed by atoms with Crippen molar-refractivity contribution in [2.45, 2.75) is 26.6 Å². The van der Waals surface area contributed by atoms with Crippen LogP contribution in [0.3, 0.4) is 0 Å². The van der Waals surface area contributed by atoms with E-state index in [0.717, 1.165) is 11.1 Å². The molecule has 153 valence electrons. The molecule has 0 amide bonds. The van der Waals surface area contributed by atoms with Crippen molar-refractivity contribution in [3.8, 4) is 11.3 Å². The van der Waals surface area contributed by atoms with E-state index >= 15 is 0 Å². The number of aromatic carboxylic acids is 1. The number of aromatic nitrogens is 2. The number of hydrogen-bond acceptors (Lipinski definition) is 5. The van der Waals surface area contributed by atoms with Gasteiger partial charge in [-0.15, -0.1) is 0 Å². The topological polar surface area (TPSA) is 93.3 Å². The number of benzene rings is 2. The highest BCUT2D eigenvalue weighted by Crippen LogP contribution is 2.29. The Bertz CT molecular complexity index is 1350. The molecular weight excluding hydrogens is 391 g/mol. The second-order valence-corrected chi connectivity index (χ2v) is 7.57. The molecule has 0 fully saturated rings. The van der Waals surface area contributed by atoms with Crippen molar-refractivity contribution in [1.29, 1.82) is 0 Å². The average Bonchev–Trinajstić information content (AvgIpc) is 2.74.